The van der Waals surface area contributed by atoms with Crippen LogP contribution < -0.4 is 0 Å². The molecule has 0 aliphatic rings. The maximum Gasteiger partial charge on any atom is 0.345 e. The van der Waals surface area contributed by atoms with Crippen LogP contribution in [0.4, 0.5) is 0 Å². The lowest BCUT2D eigenvalue weighted by Crippen LogP contribution is -2.10. The van der Waals surface area contributed by atoms with Crippen molar-refractivity contribution in [2.24, 2.45) is 0 Å². The Morgan fingerprint density at radius 2 is 2.00 bits per heavy atom. The van der Waals surface area contributed by atoms with Gasteiger partial charge in [-0.25, -0.2) is 9.59 Å². The van der Waals surface area contributed by atoms with Gasteiger partial charge in [0.15, 0.2) is 0 Å². The number of hydrogen-bond donors (Lipinski definition) is 0. The molecule has 6 heteroatoms. The maximum absolute atomic E-state index is 10.7. The van der Waals surface area contributed by atoms with E-state index in [1.54, 1.807) is 6.92 Å². The Hall–Kier alpha value is -2.13. The number of nitrogens with zero attached hydrogens (tertiary/aromatic N) is 1. The Bertz CT molecular complexity index is 330. The van der Waals surface area contributed by atoms with Crippen LogP contribution in [0.2, 0.25) is 0 Å². The van der Waals surface area contributed by atoms with E-state index < -0.39 is 5.97 Å². The van der Waals surface area contributed by atoms with Crippen LogP contribution in [0.25, 0.3) is 0 Å². The second-order valence-corrected chi connectivity index (χ2v) is 2.83. The van der Waals surface area contributed by atoms with Gasteiger partial charge in [0.2, 0.25) is 0 Å². The molecule has 0 atom stereocenters. The molecular weight excluding hydrogens is 238 g/mol. The van der Waals surface area contributed by atoms with Crippen molar-refractivity contribution in [2.75, 3.05) is 19.8 Å². The molecule has 0 aliphatic carbocycles. The molecule has 0 N–H and O–H groups in total. The molecule has 0 bridgehead atoms. The summed E-state index contributed by atoms with van der Waals surface area (Å²) in [5, 5.41) is 7.63. The van der Waals surface area contributed by atoms with Crippen molar-refractivity contribution < 1.29 is 23.8 Å². The summed E-state index contributed by atoms with van der Waals surface area (Å²) < 4.78 is 13.4. The highest BCUT2D eigenvalue weighted by Crippen LogP contribution is 1.91. The van der Waals surface area contributed by atoms with Crippen molar-refractivity contribution in [3.63, 3.8) is 0 Å². The first-order valence-corrected chi connectivity index (χ1v) is 5.12. The normalized spacial score (nSPS) is 8.06. The molecule has 0 rings (SSSR count). The summed E-state index contributed by atoms with van der Waals surface area (Å²) in [6.45, 7) is 11.4. The Kier molecular flexibility index (Phi) is 13.1. The van der Waals surface area contributed by atoms with Gasteiger partial charge in [-0.2, -0.15) is 0 Å². The van der Waals surface area contributed by atoms with Crippen LogP contribution in [-0.4, -0.2) is 31.8 Å². The molecule has 18 heavy (non-hydrogen) atoms. The number of rotatable bonds is 6. The van der Waals surface area contributed by atoms with E-state index in [0.717, 1.165) is 6.08 Å². The van der Waals surface area contributed by atoms with E-state index in [1.165, 1.54) is 6.26 Å². The molecule has 0 heterocycles. The third-order valence-corrected chi connectivity index (χ3v) is 1.33. The van der Waals surface area contributed by atoms with Crippen molar-refractivity contribution in [1.29, 1.82) is 5.26 Å². The second kappa shape index (κ2) is 12.9. The van der Waals surface area contributed by atoms with Gasteiger partial charge in [0, 0.05) is 18.3 Å². The first kappa shape index (κ1) is 18.2. The lowest BCUT2D eigenvalue weighted by atomic mass is 10.4. The molecular formula is C12H17NO5. The van der Waals surface area contributed by atoms with Crippen LogP contribution in [-0.2, 0) is 23.8 Å². The Labute approximate surface area is 106 Å². The van der Waals surface area contributed by atoms with E-state index >= 15 is 0 Å². The Balaban J connectivity index is 0. The van der Waals surface area contributed by atoms with Crippen molar-refractivity contribution in [3.05, 3.63) is 24.8 Å². The molecule has 0 unspecified atom stereocenters. The summed E-state index contributed by atoms with van der Waals surface area (Å²) in [5.74, 6) is -1.08. The van der Waals surface area contributed by atoms with E-state index in [-0.39, 0.29) is 5.97 Å². The third-order valence-electron chi connectivity index (χ3n) is 1.33. The zero-order valence-corrected chi connectivity index (χ0v) is 10.6. The van der Waals surface area contributed by atoms with E-state index in [4.69, 9.17) is 14.7 Å². The quantitative estimate of drug-likeness (QED) is 0.308. The third kappa shape index (κ3) is 13.9. The molecule has 0 radical (unpaired) electrons. The van der Waals surface area contributed by atoms with Crippen LogP contribution >= 0.6 is 0 Å². The molecule has 0 aromatic heterocycles. The molecule has 0 spiro atoms. The maximum atomic E-state index is 10.7. The highest BCUT2D eigenvalue weighted by Gasteiger charge is 2.00. The van der Waals surface area contributed by atoms with Gasteiger partial charge in [-0.15, -0.1) is 5.26 Å². The number of esters is 2. The first-order valence-electron chi connectivity index (χ1n) is 5.12. The Morgan fingerprint density at radius 3 is 2.33 bits per heavy atom. The van der Waals surface area contributed by atoms with Gasteiger partial charge < -0.3 is 14.2 Å². The van der Waals surface area contributed by atoms with Gasteiger partial charge in [0.25, 0.3) is 6.26 Å². The molecule has 6 nitrogen and oxygen atoms in total. The average Bonchev–Trinajstić information content (AvgIpc) is 2.35. The van der Waals surface area contributed by atoms with Crippen LogP contribution in [0, 0.1) is 11.5 Å². The number of hydrogen-bond acceptors (Lipinski definition) is 6. The predicted octanol–water partition coefficient (Wildman–Crippen LogP) is 1.34. The minimum Gasteiger partial charge on any atom is -0.460 e. The van der Waals surface area contributed by atoms with Gasteiger partial charge in [-0.3, -0.25) is 0 Å². The van der Waals surface area contributed by atoms with Crippen molar-refractivity contribution >= 4 is 11.9 Å². The largest absolute Gasteiger partial charge is 0.460 e. The second-order valence-electron chi connectivity index (χ2n) is 2.83. The average molecular weight is 255 g/mol. The van der Waals surface area contributed by atoms with Crippen LogP contribution in [0.5, 0.6) is 0 Å². The fourth-order valence-corrected chi connectivity index (χ4v) is 0.547. The van der Waals surface area contributed by atoms with Crippen molar-refractivity contribution in [2.45, 2.75) is 13.8 Å². The number of carbonyl (C=O) groups excluding carboxylic acids is 2. The molecule has 0 aromatic carbocycles. The SMILES string of the molecule is C=C(C)C(=O)OCCOCC.C=CC(=O)OC#N. The van der Waals surface area contributed by atoms with Gasteiger partial charge >= 0.3 is 11.9 Å². The molecule has 0 amide bonds. The number of nitriles is 1. The summed E-state index contributed by atoms with van der Waals surface area (Å²) in [4.78, 5) is 20.6. The highest BCUT2D eigenvalue weighted by atomic mass is 16.6. The fraction of sp³-hybridized carbons (Fsp3) is 0.417. The van der Waals surface area contributed by atoms with Gasteiger partial charge in [0.1, 0.15) is 6.61 Å². The van der Waals surface area contributed by atoms with Crippen LogP contribution in [0.15, 0.2) is 24.8 Å². The van der Waals surface area contributed by atoms with E-state index in [2.05, 4.69) is 17.9 Å². The topological polar surface area (TPSA) is 85.6 Å². The number of carbonyl (C=O) groups is 2. The standard InChI is InChI=1S/C8H14O3.C4H3NO2/c1-4-10-5-6-11-8(9)7(2)3;1-2-4(6)7-3-5/h2,4-6H2,1,3H3;2H,1H2. The van der Waals surface area contributed by atoms with Crippen molar-refractivity contribution in [1.82, 2.24) is 0 Å². The summed E-state index contributed by atoms with van der Waals surface area (Å²) in [6.07, 6.45) is 2.12. The molecule has 0 saturated heterocycles. The lowest BCUT2D eigenvalue weighted by Gasteiger charge is -2.03. The fourth-order valence-electron chi connectivity index (χ4n) is 0.547. The summed E-state index contributed by atoms with van der Waals surface area (Å²) in [5.41, 5.74) is 0.418. The summed E-state index contributed by atoms with van der Waals surface area (Å²) in [6, 6.07) is 0. The molecule has 0 saturated carbocycles. The van der Waals surface area contributed by atoms with E-state index in [1.807, 2.05) is 6.92 Å². The van der Waals surface area contributed by atoms with Gasteiger partial charge in [-0.05, 0) is 13.8 Å². The number of ether oxygens (including phenoxy) is 3. The van der Waals surface area contributed by atoms with Crippen LogP contribution in [0.3, 0.4) is 0 Å². The molecule has 0 aliphatic heterocycles. The minimum atomic E-state index is -0.720. The van der Waals surface area contributed by atoms with E-state index in [9.17, 15) is 9.59 Å². The minimum absolute atomic E-state index is 0.305. The first-order chi connectivity index (χ1) is 8.49. The van der Waals surface area contributed by atoms with Gasteiger partial charge in [-0.1, -0.05) is 13.2 Å². The monoisotopic (exact) mass is 255 g/mol. The smallest absolute Gasteiger partial charge is 0.345 e. The Morgan fingerprint density at radius 1 is 1.39 bits per heavy atom. The zero-order valence-electron chi connectivity index (χ0n) is 10.6. The predicted molar refractivity (Wildman–Crippen MR) is 64.2 cm³/mol. The molecule has 0 aromatic rings. The van der Waals surface area contributed by atoms with Gasteiger partial charge in [0.05, 0.1) is 6.61 Å². The van der Waals surface area contributed by atoms with Crippen LogP contribution in [0.1, 0.15) is 13.8 Å². The molecule has 100 valence electrons. The summed E-state index contributed by atoms with van der Waals surface area (Å²) >= 11 is 0. The lowest BCUT2D eigenvalue weighted by molar-refractivity contribution is -0.140. The summed E-state index contributed by atoms with van der Waals surface area (Å²) in [7, 11) is 0. The van der Waals surface area contributed by atoms with E-state index in [0.29, 0.717) is 25.4 Å². The zero-order chi connectivity index (χ0) is 14.4. The highest BCUT2D eigenvalue weighted by molar-refractivity contribution is 5.86. The molecule has 0 fully saturated rings. The van der Waals surface area contributed by atoms with Crippen molar-refractivity contribution in [3.8, 4) is 6.26 Å².